The Morgan fingerprint density at radius 2 is 2.00 bits per heavy atom. The number of carbonyl (C=O) groups excluding carboxylic acids is 1. The fraction of sp³-hybridized carbons (Fsp3) is 0.364. The number of rotatable bonds is 12. The van der Waals surface area contributed by atoms with Crippen LogP contribution in [0.25, 0.3) is 12.2 Å². The molecular formula is C22H30N4O2S. The topological polar surface area (TPSA) is 78.1 Å². The molecule has 0 saturated carbocycles. The molecule has 0 aliphatic rings. The average molecular weight is 415 g/mol. The van der Waals surface area contributed by atoms with Crippen LogP contribution >= 0.6 is 0 Å². The Labute approximate surface area is 175 Å². The number of aromatic nitrogens is 2. The Kier molecular flexibility index (Phi) is 9.53. The van der Waals surface area contributed by atoms with Gasteiger partial charge in [0.25, 0.3) is 0 Å². The highest BCUT2D eigenvalue weighted by atomic mass is 32.2. The van der Waals surface area contributed by atoms with E-state index in [0.717, 1.165) is 47.8 Å². The third-order valence-corrected chi connectivity index (χ3v) is 6.13. The van der Waals surface area contributed by atoms with Gasteiger partial charge in [0.2, 0.25) is 5.91 Å². The molecule has 29 heavy (non-hydrogen) atoms. The van der Waals surface area contributed by atoms with Crippen LogP contribution in [-0.4, -0.2) is 50.6 Å². The minimum Gasteiger partial charge on any atom is -0.348 e. The molecule has 2 N–H and O–H groups in total. The number of nitrogens with zero attached hydrogens (tertiary/aromatic N) is 2. The lowest BCUT2D eigenvalue weighted by Gasteiger charge is -2.17. The molecule has 1 amide bonds. The molecule has 0 saturated heterocycles. The van der Waals surface area contributed by atoms with Crippen LogP contribution in [0.4, 0.5) is 0 Å². The van der Waals surface area contributed by atoms with Crippen LogP contribution in [0.5, 0.6) is 0 Å². The van der Waals surface area contributed by atoms with Crippen LogP contribution in [0.15, 0.2) is 48.0 Å². The number of hydrogen-bond donors (Lipinski definition) is 2. The van der Waals surface area contributed by atoms with Crippen molar-refractivity contribution in [2.45, 2.75) is 31.7 Å². The molecule has 156 valence electrons. The predicted molar refractivity (Wildman–Crippen MR) is 120 cm³/mol. The van der Waals surface area contributed by atoms with Crippen LogP contribution in [0.2, 0.25) is 0 Å². The maximum atomic E-state index is 12.4. The number of benzene rings is 1. The summed E-state index contributed by atoms with van der Waals surface area (Å²) >= 11 is 0. The molecule has 0 aliphatic carbocycles. The first-order valence-corrected chi connectivity index (χ1v) is 11.2. The first kappa shape index (κ1) is 22.8. The maximum Gasteiger partial charge on any atom is 0.244 e. The van der Waals surface area contributed by atoms with Crippen molar-refractivity contribution in [2.75, 3.05) is 25.4 Å². The minimum absolute atomic E-state index is 0.190. The third kappa shape index (κ3) is 7.44. The summed E-state index contributed by atoms with van der Waals surface area (Å²) in [4.78, 5) is 15.2. The summed E-state index contributed by atoms with van der Waals surface area (Å²) in [5.74, 6) is 0.475. The summed E-state index contributed by atoms with van der Waals surface area (Å²) in [6, 6.07) is 7.58. The van der Waals surface area contributed by atoms with Gasteiger partial charge in [-0.25, -0.2) is 0 Å². The molecule has 6 nitrogen and oxygen atoms in total. The Balaban J connectivity index is 1.79. The van der Waals surface area contributed by atoms with E-state index in [0.29, 0.717) is 12.3 Å². The Morgan fingerprint density at radius 1 is 1.28 bits per heavy atom. The second kappa shape index (κ2) is 12.1. The number of nitrogens with one attached hydrogen (secondary N) is 2. The molecule has 0 bridgehead atoms. The molecule has 0 fully saturated rings. The van der Waals surface area contributed by atoms with Gasteiger partial charge in [0.15, 0.2) is 0 Å². The van der Waals surface area contributed by atoms with Gasteiger partial charge in [-0.3, -0.25) is 14.1 Å². The molecule has 7 heteroatoms. The third-order valence-electron chi connectivity index (χ3n) is 4.67. The van der Waals surface area contributed by atoms with Crippen LogP contribution in [0.3, 0.4) is 0 Å². The SMILES string of the molecule is C=Cc1[nH]ncc1C=CC(=O)NCc1ccc(S(=O)CCCN(CC)CC)cc1. The van der Waals surface area contributed by atoms with Crippen LogP contribution in [0, 0.1) is 0 Å². The normalized spacial score (nSPS) is 12.4. The Bertz CT molecular complexity index is 839. The van der Waals surface area contributed by atoms with E-state index < -0.39 is 10.8 Å². The van der Waals surface area contributed by atoms with Crippen molar-refractivity contribution in [1.29, 1.82) is 0 Å². The van der Waals surface area contributed by atoms with E-state index in [1.165, 1.54) is 6.08 Å². The highest BCUT2D eigenvalue weighted by molar-refractivity contribution is 7.85. The fourth-order valence-corrected chi connectivity index (χ4v) is 3.92. The van der Waals surface area contributed by atoms with Crippen molar-refractivity contribution in [2.24, 2.45) is 0 Å². The highest BCUT2D eigenvalue weighted by Gasteiger charge is 2.06. The van der Waals surface area contributed by atoms with Gasteiger partial charge in [0.1, 0.15) is 0 Å². The molecule has 1 aromatic carbocycles. The highest BCUT2D eigenvalue weighted by Crippen LogP contribution is 2.11. The predicted octanol–water partition coefficient (Wildman–Crippen LogP) is 3.22. The lowest BCUT2D eigenvalue weighted by molar-refractivity contribution is -0.116. The zero-order valence-corrected chi connectivity index (χ0v) is 18.0. The number of carbonyl (C=O) groups is 1. The van der Waals surface area contributed by atoms with Gasteiger partial charge in [0, 0.05) is 28.8 Å². The molecule has 1 unspecified atom stereocenters. The quantitative estimate of drug-likeness (QED) is 0.523. The second-order valence-corrected chi connectivity index (χ2v) is 8.14. The van der Waals surface area contributed by atoms with Crippen LogP contribution < -0.4 is 5.32 Å². The summed E-state index contributed by atoms with van der Waals surface area (Å²) in [7, 11) is -0.990. The zero-order valence-electron chi connectivity index (χ0n) is 17.2. The van der Waals surface area contributed by atoms with Gasteiger partial charge in [-0.15, -0.1) is 0 Å². The first-order valence-electron chi connectivity index (χ1n) is 9.88. The summed E-state index contributed by atoms with van der Waals surface area (Å²) < 4.78 is 12.4. The first-order chi connectivity index (χ1) is 14.1. The van der Waals surface area contributed by atoms with Crippen LogP contribution in [0.1, 0.15) is 37.1 Å². The average Bonchev–Trinajstić information content (AvgIpc) is 3.21. The lowest BCUT2D eigenvalue weighted by atomic mass is 10.2. The summed E-state index contributed by atoms with van der Waals surface area (Å²) in [5.41, 5.74) is 2.54. The number of H-pyrrole nitrogens is 1. The van der Waals surface area contributed by atoms with Crippen molar-refractivity contribution in [1.82, 2.24) is 20.4 Å². The van der Waals surface area contributed by atoms with E-state index in [4.69, 9.17) is 0 Å². The molecule has 2 aromatic rings. The van der Waals surface area contributed by atoms with Crippen molar-refractivity contribution in [3.63, 3.8) is 0 Å². The lowest BCUT2D eigenvalue weighted by Crippen LogP contribution is -2.25. The van der Waals surface area contributed by atoms with Gasteiger partial charge in [0.05, 0.1) is 22.7 Å². The number of amides is 1. The molecule has 1 heterocycles. The molecule has 2 rings (SSSR count). The Hall–Kier alpha value is -2.51. The monoisotopic (exact) mass is 414 g/mol. The molecule has 0 aliphatic heterocycles. The largest absolute Gasteiger partial charge is 0.348 e. The number of aromatic amines is 1. The van der Waals surface area contributed by atoms with E-state index in [2.05, 4.69) is 40.8 Å². The fourth-order valence-electron chi connectivity index (χ4n) is 2.85. The van der Waals surface area contributed by atoms with Crippen molar-refractivity contribution < 1.29 is 9.00 Å². The number of hydrogen-bond acceptors (Lipinski definition) is 4. The van der Waals surface area contributed by atoms with Crippen molar-refractivity contribution in [3.05, 3.63) is 59.9 Å². The minimum atomic E-state index is -0.990. The summed E-state index contributed by atoms with van der Waals surface area (Å²) in [5, 5.41) is 9.56. The molecule has 1 aromatic heterocycles. The Morgan fingerprint density at radius 3 is 2.66 bits per heavy atom. The van der Waals surface area contributed by atoms with Gasteiger partial charge >= 0.3 is 0 Å². The van der Waals surface area contributed by atoms with Gasteiger partial charge < -0.3 is 10.2 Å². The standard InChI is InChI=1S/C22H30N4O2S/c1-4-21-19(17-24-25-21)10-13-22(27)23-16-18-8-11-20(12-9-18)29(28)15-7-14-26(5-2)6-3/h4,8-13,17H,1,5-7,14-16H2,2-3H3,(H,23,27)(H,24,25). The van der Waals surface area contributed by atoms with Crippen molar-refractivity contribution in [3.8, 4) is 0 Å². The van der Waals surface area contributed by atoms with E-state index in [9.17, 15) is 9.00 Å². The van der Waals surface area contributed by atoms with Gasteiger partial charge in [-0.2, -0.15) is 5.10 Å². The second-order valence-electron chi connectivity index (χ2n) is 6.57. The van der Waals surface area contributed by atoms with E-state index in [1.807, 2.05) is 24.3 Å². The molecule has 0 radical (unpaired) electrons. The van der Waals surface area contributed by atoms with Gasteiger partial charge in [-0.1, -0.05) is 32.6 Å². The van der Waals surface area contributed by atoms with E-state index in [1.54, 1.807) is 18.3 Å². The zero-order chi connectivity index (χ0) is 21.1. The molecular weight excluding hydrogens is 384 g/mol. The van der Waals surface area contributed by atoms with Crippen molar-refractivity contribution >= 4 is 28.9 Å². The van der Waals surface area contributed by atoms with E-state index >= 15 is 0 Å². The van der Waals surface area contributed by atoms with E-state index in [-0.39, 0.29) is 5.91 Å². The van der Waals surface area contributed by atoms with Gasteiger partial charge in [-0.05, 0) is 55.9 Å². The maximum absolute atomic E-state index is 12.4. The van der Waals surface area contributed by atoms with Crippen LogP contribution in [-0.2, 0) is 22.1 Å². The molecule has 1 atom stereocenters. The molecule has 0 spiro atoms. The smallest absolute Gasteiger partial charge is 0.244 e. The summed E-state index contributed by atoms with van der Waals surface area (Å²) in [6.07, 6.45) is 7.38. The summed E-state index contributed by atoms with van der Waals surface area (Å²) in [6.45, 7) is 11.4.